The molecule has 31 heavy (non-hydrogen) atoms. The van der Waals surface area contributed by atoms with Gasteiger partial charge in [-0.05, 0) is 61.1 Å². The third kappa shape index (κ3) is 3.56. The van der Waals surface area contributed by atoms with Crippen molar-refractivity contribution < 1.29 is 9.13 Å². The van der Waals surface area contributed by atoms with Gasteiger partial charge in [-0.1, -0.05) is 56.4 Å². The molecule has 1 aliphatic heterocycles. The second-order valence-electron chi connectivity index (χ2n) is 9.28. The molecule has 3 aliphatic rings. The molecule has 0 atom stereocenters. The van der Waals surface area contributed by atoms with Gasteiger partial charge in [0.15, 0.2) is 0 Å². The van der Waals surface area contributed by atoms with Crippen LogP contribution in [0.1, 0.15) is 68.5 Å². The molecular weight excluding hydrogens is 385 g/mol. The van der Waals surface area contributed by atoms with E-state index in [0.29, 0.717) is 12.5 Å². The van der Waals surface area contributed by atoms with E-state index < -0.39 is 0 Å². The molecule has 0 radical (unpaired) electrons. The molecule has 0 amide bonds. The van der Waals surface area contributed by atoms with Crippen LogP contribution in [0, 0.1) is 5.82 Å². The van der Waals surface area contributed by atoms with Crippen molar-refractivity contribution in [3.05, 3.63) is 88.7 Å². The third-order valence-electron chi connectivity index (χ3n) is 6.31. The Morgan fingerprint density at radius 2 is 1.84 bits per heavy atom. The predicted octanol–water partition coefficient (Wildman–Crippen LogP) is 7.33. The fourth-order valence-corrected chi connectivity index (χ4v) is 4.65. The molecule has 1 aromatic carbocycles. The zero-order chi connectivity index (χ0) is 21.6. The second-order valence-corrected chi connectivity index (χ2v) is 9.28. The predicted molar refractivity (Wildman–Crippen MR) is 125 cm³/mol. The van der Waals surface area contributed by atoms with Crippen LogP contribution in [0.25, 0.3) is 22.8 Å². The molecule has 1 saturated carbocycles. The lowest BCUT2D eigenvalue weighted by atomic mass is 9.76. The number of nitrogens with zero attached hydrogens (tertiary/aromatic N) is 1. The maximum absolute atomic E-state index is 13.8. The first kappa shape index (κ1) is 20.0. The topological polar surface area (TPSA) is 22.1 Å². The number of allylic oxidation sites excluding steroid dienone is 6. The molecule has 0 N–H and O–H groups in total. The van der Waals surface area contributed by atoms with Crippen molar-refractivity contribution in [1.29, 1.82) is 0 Å². The Bertz CT molecular complexity index is 1140. The van der Waals surface area contributed by atoms with Gasteiger partial charge < -0.3 is 4.74 Å². The number of ether oxygens (including phenoxy) is 1. The number of benzene rings is 1. The van der Waals surface area contributed by atoms with Crippen LogP contribution in [-0.2, 0) is 10.2 Å². The lowest BCUT2D eigenvalue weighted by Gasteiger charge is -2.30. The van der Waals surface area contributed by atoms with Crippen molar-refractivity contribution >= 4 is 11.6 Å². The Kier molecular flexibility index (Phi) is 4.92. The summed E-state index contributed by atoms with van der Waals surface area (Å²) in [6, 6.07) is 6.90. The molecule has 1 aromatic heterocycles. The molecule has 158 valence electrons. The summed E-state index contributed by atoms with van der Waals surface area (Å²) in [6.45, 7) is 7.04. The molecular formula is C28H28FNO. The van der Waals surface area contributed by atoms with Gasteiger partial charge in [0.05, 0.1) is 18.0 Å². The molecule has 2 aliphatic carbocycles. The first-order valence-corrected chi connectivity index (χ1v) is 11.2. The number of aromatic nitrogens is 1. The van der Waals surface area contributed by atoms with Gasteiger partial charge in [0.25, 0.3) is 0 Å². The first-order valence-electron chi connectivity index (χ1n) is 11.2. The molecule has 2 heterocycles. The smallest absolute Gasteiger partial charge is 0.128 e. The fraction of sp³-hybridized carbons (Fsp3) is 0.321. The minimum atomic E-state index is -0.266. The molecule has 0 bridgehead atoms. The molecule has 1 fully saturated rings. The Hall–Kier alpha value is -2.94. The van der Waals surface area contributed by atoms with Crippen LogP contribution >= 0.6 is 0 Å². The van der Waals surface area contributed by atoms with Crippen LogP contribution < -0.4 is 0 Å². The molecule has 3 heteroatoms. The summed E-state index contributed by atoms with van der Waals surface area (Å²) < 4.78 is 20.2. The highest BCUT2D eigenvalue weighted by Crippen LogP contribution is 2.49. The van der Waals surface area contributed by atoms with Crippen molar-refractivity contribution in [2.75, 3.05) is 6.61 Å². The monoisotopic (exact) mass is 413 g/mol. The van der Waals surface area contributed by atoms with Gasteiger partial charge in [-0.2, -0.15) is 0 Å². The van der Waals surface area contributed by atoms with E-state index in [1.165, 1.54) is 24.0 Å². The molecule has 0 saturated heterocycles. The standard InChI is InChI=1S/C28H28FNO/c1-4-8-22-24(18-13-15-20(29)16-14-18)25-27(30-26(22)19-11-12-19)21-9-6-5-7-10-23(21)31-17-28(25,2)3/h4,6-10,13-16,19H,5,11-12,17H2,1-3H3/b8-4+. The zero-order valence-electron chi connectivity index (χ0n) is 18.4. The SMILES string of the molecule is C/C=C/c1c(C2CC2)nc2c(c1-c1ccc(F)cc1)C(C)(C)COC1=C2C=CCC=C1. The van der Waals surface area contributed by atoms with Crippen LogP contribution in [0.3, 0.4) is 0 Å². The summed E-state index contributed by atoms with van der Waals surface area (Å²) >= 11 is 0. The normalized spacial score (nSPS) is 19.6. The highest BCUT2D eigenvalue weighted by atomic mass is 19.1. The van der Waals surface area contributed by atoms with Crippen LogP contribution in [-0.4, -0.2) is 11.6 Å². The van der Waals surface area contributed by atoms with Crippen molar-refractivity contribution in [1.82, 2.24) is 4.98 Å². The molecule has 2 aromatic rings. The minimum absolute atomic E-state index is 0.219. The van der Waals surface area contributed by atoms with Gasteiger partial charge >= 0.3 is 0 Å². The number of rotatable bonds is 3. The Morgan fingerprint density at radius 3 is 2.55 bits per heavy atom. The zero-order valence-corrected chi connectivity index (χ0v) is 18.4. The Labute approximate surface area is 183 Å². The lowest BCUT2D eigenvalue weighted by molar-refractivity contribution is 0.173. The van der Waals surface area contributed by atoms with Gasteiger partial charge in [0.2, 0.25) is 0 Å². The van der Waals surface area contributed by atoms with E-state index in [-0.39, 0.29) is 11.2 Å². The number of hydrogen-bond acceptors (Lipinski definition) is 2. The van der Waals surface area contributed by atoms with Crippen molar-refractivity contribution in [3.8, 4) is 11.1 Å². The summed E-state index contributed by atoms with van der Waals surface area (Å²) in [5, 5.41) is 0. The van der Waals surface area contributed by atoms with Gasteiger partial charge in [0.1, 0.15) is 11.6 Å². The molecule has 0 spiro atoms. The largest absolute Gasteiger partial charge is 0.492 e. The summed E-state index contributed by atoms with van der Waals surface area (Å²) in [4.78, 5) is 5.33. The van der Waals surface area contributed by atoms with Crippen molar-refractivity contribution in [2.24, 2.45) is 0 Å². The summed E-state index contributed by atoms with van der Waals surface area (Å²) in [6.07, 6.45) is 16.0. The first-order chi connectivity index (χ1) is 15.0. The number of halogens is 1. The minimum Gasteiger partial charge on any atom is -0.492 e. The van der Waals surface area contributed by atoms with E-state index in [4.69, 9.17) is 9.72 Å². The number of pyridine rings is 1. The second kappa shape index (κ2) is 7.64. The fourth-order valence-electron chi connectivity index (χ4n) is 4.65. The quantitative estimate of drug-likeness (QED) is 0.525. The summed E-state index contributed by atoms with van der Waals surface area (Å²) in [7, 11) is 0. The van der Waals surface area contributed by atoms with E-state index in [1.54, 1.807) is 12.1 Å². The highest BCUT2D eigenvalue weighted by molar-refractivity contribution is 5.88. The maximum atomic E-state index is 13.8. The third-order valence-corrected chi connectivity index (χ3v) is 6.31. The maximum Gasteiger partial charge on any atom is 0.128 e. The van der Waals surface area contributed by atoms with E-state index in [1.807, 2.05) is 19.1 Å². The van der Waals surface area contributed by atoms with Gasteiger partial charge in [-0.15, -0.1) is 0 Å². The van der Waals surface area contributed by atoms with E-state index in [2.05, 4.69) is 50.3 Å². The highest BCUT2D eigenvalue weighted by Gasteiger charge is 2.38. The van der Waals surface area contributed by atoms with Crippen LogP contribution in [0.5, 0.6) is 0 Å². The summed E-state index contributed by atoms with van der Waals surface area (Å²) in [5.74, 6) is 1.15. The van der Waals surface area contributed by atoms with E-state index in [0.717, 1.165) is 40.3 Å². The van der Waals surface area contributed by atoms with Crippen molar-refractivity contribution in [3.63, 3.8) is 0 Å². The van der Waals surface area contributed by atoms with Gasteiger partial charge in [-0.3, -0.25) is 4.98 Å². The average Bonchev–Trinajstić information content (AvgIpc) is 3.60. The van der Waals surface area contributed by atoms with E-state index in [9.17, 15) is 4.39 Å². The van der Waals surface area contributed by atoms with Crippen LogP contribution in [0.4, 0.5) is 4.39 Å². The Balaban J connectivity index is 1.92. The molecule has 2 nitrogen and oxygen atoms in total. The van der Waals surface area contributed by atoms with Crippen LogP contribution in [0.2, 0.25) is 0 Å². The molecule has 5 rings (SSSR count). The number of hydrogen-bond donors (Lipinski definition) is 0. The van der Waals surface area contributed by atoms with E-state index >= 15 is 0 Å². The van der Waals surface area contributed by atoms with Gasteiger partial charge in [-0.25, -0.2) is 4.39 Å². The van der Waals surface area contributed by atoms with Crippen LogP contribution in [0.15, 0.2) is 60.4 Å². The van der Waals surface area contributed by atoms with Crippen molar-refractivity contribution in [2.45, 2.75) is 51.4 Å². The molecule has 0 unspecified atom stereocenters. The average molecular weight is 414 g/mol. The summed E-state index contributed by atoms with van der Waals surface area (Å²) in [5.41, 5.74) is 7.48. The lowest BCUT2D eigenvalue weighted by Crippen LogP contribution is -2.26. The number of fused-ring (bicyclic) bond motifs is 2. The van der Waals surface area contributed by atoms with Gasteiger partial charge in [0, 0.05) is 22.5 Å². The Morgan fingerprint density at radius 1 is 1.10 bits per heavy atom.